The predicted molar refractivity (Wildman–Crippen MR) is 193 cm³/mol. The molecule has 1 aliphatic heterocycles. The van der Waals surface area contributed by atoms with Crippen molar-refractivity contribution in [3.05, 3.63) is 96.6 Å². The Hall–Kier alpha value is -4.14. The Morgan fingerprint density at radius 3 is 2.09 bits per heavy atom. The normalized spacial score (nSPS) is 14.5. The van der Waals surface area contributed by atoms with Crippen molar-refractivity contribution in [1.82, 2.24) is 13.9 Å². The smallest absolute Gasteiger partial charge is 0.269 e. The van der Waals surface area contributed by atoms with E-state index in [0.717, 1.165) is 97.9 Å². The third-order valence-electron chi connectivity index (χ3n) is 9.03. The summed E-state index contributed by atoms with van der Waals surface area (Å²) in [6, 6.07) is 29.4. The topological polar surface area (TPSA) is 61.2 Å². The zero-order valence-corrected chi connectivity index (χ0v) is 28.1. The summed E-state index contributed by atoms with van der Waals surface area (Å²) in [5.74, 6) is 0. The van der Waals surface area contributed by atoms with Crippen molar-refractivity contribution in [3.8, 4) is 11.3 Å². The molecule has 5 aromatic rings. The van der Waals surface area contributed by atoms with Crippen molar-refractivity contribution < 1.29 is 8.42 Å². The van der Waals surface area contributed by atoms with Crippen molar-refractivity contribution in [2.24, 2.45) is 5.10 Å². The fraction of sp³-hybridized carbons (Fsp3) is 0.342. The highest BCUT2D eigenvalue weighted by Crippen LogP contribution is 2.39. The summed E-state index contributed by atoms with van der Waals surface area (Å²) in [5.41, 5.74) is 3.99. The van der Waals surface area contributed by atoms with E-state index in [-0.39, 0.29) is 0 Å². The molecule has 1 aliphatic rings. The Balaban J connectivity index is 1.55. The number of piperazine rings is 1. The van der Waals surface area contributed by atoms with Gasteiger partial charge in [-0.05, 0) is 43.7 Å². The highest BCUT2D eigenvalue weighted by atomic mass is 32.2. The first-order valence-electron chi connectivity index (χ1n) is 16.6. The van der Waals surface area contributed by atoms with Crippen LogP contribution in [0.1, 0.15) is 45.1 Å². The molecule has 1 fully saturated rings. The highest BCUT2D eigenvalue weighted by Gasteiger charge is 2.29. The van der Waals surface area contributed by atoms with Crippen molar-refractivity contribution >= 4 is 43.6 Å². The number of hydrogen-bond donors (Lipinski definition) is 0. The SMILES string of the molecule is CCCCN(CCCC)c1cccc2c(S(=O)(=O)n3c(-c4ccccc4)c(C=NN4CCN(C)CC4)c4ccccc43)cccc12. The maximum Gasteiger partial charge on any atom is 0.269 e. The van der Waals surface area contributed by atoms with Crippen LogP contribution in [-0.4, -0.2) is 74.8 Å². The molecule has 0 amide bonds. The molecule has 0 radical (unpaired) electrons. The number of likely N-dealkylation sites (N-methyl/N-ethyl adjacent to an activating group) is 1. The average Bonchev–Trinajstić information content (AvgIpc) is 3.43. The molecule has 0 atom stereocenters. The van der Waals surface area contributed by atoms with Crippen molar-refractivity contribution in [2.75, 3.05) is 51.2 Å². The maximum absolute atomic E-state index is 15.1. The molecule has 1 aromatic heterocycles. The Morgan fingerprint density at radius 1 is 0.739 bits per heavy atom. The largest absolute Gasteiger partial charge is 0.371 e. The summed E-state index contributed by atoms with van der Waals surface area (Å²) in [6.07, 6.45) is 6.26. The summed E-state index contributed by atoms with van der Waals surface area (Å²) in [7, 11) is -1.94. The zero-order valence-electron chi connectivity index (χ0n) is 27.3. The minimum atomic E-state index is -4.06. The van der Waals surface area contributed by atoms with Gasteiger partial charge in [-0.25, -0.2) is 12.4 Å². The lowest BCUT2D eigenvalue weighted by atomic mass is 10.1. The number of unbranched alkanes of at least 4 members (excludes halogenated alkanes) is 2. The van der Waals surface area contributed by atoms with Crippen LogP contribution in [0.4, 0.5) is 5.69 Å². The summed E-state index contributed by atoms with van der Waals surface area (Å²) in [6.45, 7) is 9.86. The molecule has 4 aromatic carbocycles. The van der Waals surface area contributed by atoms with Crippen LogP contribution in [0.3, 0.4) is 0 Å². The van der Waals surface area contributed by atoms with E-state index < -0.39 is 10.0 Å². The fourth-order valence-electron chi connectivity index (χ4n) is 6.45. The monoisotopic (exact) mass is 635 g/mol. The second-order valence-corrected chi connectivity index (χ2v) is 14.0. The van der Waals surface area contributed by atoms with Gasteiger partial charge in [0.25, 0.3) is 10.0 Å². The molecule has 46 heavy (non-hydrogen) atoms. The molecule has 0 spiro atoms. The van der Waals surface area contributed by atoms with E-state index in [2.05, 4.69) is 47.8 Å². The predicted octanol–water partition coefficient (Wildman–Crippen LogP) is 7.69. The second kappa shape index (κ2) is 14.1. The van der Waals surface area contributed by atoms with Crippen LogP contribution in [0.5, 0.6) is 0 Å². The van der Waals surface area contributed by atoms with E-state index in [1.54, 1.807) is 10.0 Å². The van der Waals surface area contributed by atoms with Gasteiger partial charge in [-0.15, -0.1) is 0 Å². The lowest BCUT2D eigenvalue weighted by Crippen LogP contribution is -2.41. The lowest BCUT2D eigenvalue weighted by Gasteiger charge is -2.30. The summed E-state index contributed by atoms with van der Waals surface area (Å²) in [5, 5.41) is 9.52. The number of para-hydroxylation sites is 1. The number of nitrogens with zero attached hydrogens (tertiary/aromatic N) is 5. The lowest BCUT2D eigenvalue weighted by molar-refractivity contribution is 0.159. The molecule has 7 nitrogen and oxygen atoms in total. The quantitative estimate of drug-likeness (QED) is 0.132. The van der Waals surface area contributed by atoms with Crippen LogP contribution < -0.4 is 4.90 Å². The standard InChI is InChI=1S/C38H45N5O2S/c1-4-6-23-41(24-7-5-2)35-21-13-19-33-31(35)18-14-22-37(33)46(44,45)43-36-20-12-11-17-32(36)34(38(43)30-15-9-8-10-16-30)29-39-42-27-25-40(3)26-28-42/h8-22,29H,4-7,23-28H2,1-3H3. The first kappa shape index (κ1) is 31.8. The molecule has 0 N–H and O–H groups in total. The van der Waals surface area contributed by atoms with Gasteiger partial charge in [0.15, 0.2) is 0 Å². The van der Waals surface area contributed by atoms with E-state index in [1.807, 2.05) is 79.0 Å². The number of anilines is 1. The zero-order chi connectivity index (χ0) is 32.1. The Morgan fingerprint density at radius 2 is 1.37 bits per heavy atom. The van der Waals surface area contributed by atoms with Gasteiger partial charge in [-0.1, -0.05) is 99.5 Å². The molecule has 0 bridgehead atoms. The Kier molecular flexibility index (Phi) is 9.75. The first-order chi connectivity index (χ1) is 22.4. The molecule has 0 aliphatic carbocycles. The summed E-state index contributed by atoms with van der Waals surface area (Å²) >= 11 is 0. The van der Waals surface area contributed by atoms with Crippen LogP contribution in [0.25, 0.3) is 32.9 Å². The number of benzene rings is 4. The Bertz CT molecular complexity index is 1920. The molecule has 6 rings (SSSR count). The first-order valence-corrected chi connectivity index (χ1v) is 18.1. The molecule has 0 saturated carbocycles. The number of aromatic nitrogens is 1. The van der Waals surface area contributed by atoms with Gasteiger partial charge in [-0.2, -0.15) is 5.10 Å². The molecular weight excluding hydrogens is 591 g/mol. The average molecular weight is 636 g/mol. The van der Waals surface area contributed by atoms with Gasteiger partial charge in [0.1, 0.15) is 0 Å². The fourth-order valence-corrected chi connectivity index (χ4v) is 8.22. The van der Waals surface area contributed by atoms with E-state index in [9.17, 15) is 0 Å². The number of fused-ring (bicyclic) bond motifs is 2. The highest BCUT2D eigenvalue weighted by molar-refractivity contribution is 7.90. The number of hydrogen-bond acceptors (Lipinski definition) is 6. The Labute approximate surface area is 273 Å². The minimum Gasteiger partial charge on any atom is -0.371 e. The molecule has 0 unspecified atom stereocenters. The van der Waals surface area contributed by atoms with Crippen molar-refractivity contribution in [1.29, 1.82) is 0 Å². The van der Waals surface area contributed by atoms with Crippen LogP contribution in [0, 0.1) is 0 Å². The molecule has 2 heterocycles. The third-order valence-corrected chi connectivity index (χ3v) is 10.8. The molecule has 240 valence electrons. The number of hydrazone groups is 1. The molecule has 1 saturated heterocycles. The van der Waals surface area contributed by atoms with Gasteiger partial charge in [-0.3, -0.25) is 5.01 Å². The maximum atomic E-state index is 15.1. The molecule has 8 heteroatoms. The summed E-state index contributed by atoms with van der Waals surface area (Å²) < 4.78 is 31.8. The third kappa shape index (κ3) is 6.29. The van der Waals surface area contributed by atoms with Gasteiger partial charge < -0.3 is 9.80 Å². The van der Waals surface area contributed by atoms with Gasteiger partial charge >= 0.3 is 0 Å². The van der Waals surface area contributed by atoms with Gasteiger partial charge in [0.2, 0.25) is 0 Å². The van der Waals surface area contributed by atoms with E-state index in [4.69, 9.17) is 5.10 Å². The van der Waals surface area contributed by atoms with Crippen LogP contribution in [0.2, 0.25) is 0 Å². The van der Waals surface area contributed by atoms with Gasteiger partial charge in [0, 0.05) is 66.7 Å². The minimum absolute atomic E-state index is 0.304. The van der Waals surface area contributed by atoms with E-state index >= 15 is 8.42 Å². The van der Waals surface area contributed by atoms with Crippen LogP contribution >= 0.6 is 0 Å². The van der Waals surface area contributed by atoms with Gasteiger partial charge in [0.05, 0.1) is 22.3 Å². The second-order valence-electron chi connectivity index (χ2n) is 12.2. The van der Waals surface area contributed by atoms with Crippen LogP contribution in [0.15, 0.2) is 101 Å². The number of rotatable bonds is 12. The van der Waals surface area contributed by atoms with E-state index in [0.29, 0.717) is 16.1 Å². The van der Waals surface area contributed by atoms with Crippen molar-refractivity contribution in [2.45, 2.75) is 44.4 Å². The molecular formula is C38H45N5O2S. The van der Waals surface area contributed by atoms with E-state index in [1.165, 1.54) is 0 Å². The van der Waals surface area contributed by atoms with Crippen molar-refractivity contribution in [3.63, 3.8) is 0 Å². The summed E-state index contributed by atoms with van der Waals surface area (Å²) in [4.78, 5) is 5.03. The van der Waals surface area contributed by atoms with Crippen LogP contribution in [-0.2, 0) is 10.0 Å².